The van der Waals surface area contributed by atoms with Crippen LogP contribution in [-0.2, 0) is 16.0 Å². The number of nitrogens with one attached hydrogen (secondary N) is 3. The molecule has 3 N–H and O–H groups in total. The van der Waals surface area contributed by atoms with Crippen LogP contribution in [0.15, 0.2) is 90.2 Å². The number of hydrogen-bond acceptors (Lipinski definition) is 4. The van der Waals surface area contributed by atoms with E-state index in [1.807, 2.05) is 97.2 Å². The third-order valence-corrected chi connectivity index (χ3v) is 5.66. The Labute approximate surface area is 216 Å². The molecule has 0 fully saturated rings. The maximum Gasteiger partial charge on any atom is 0.262 e. The van der Waals surface area contributed by atoms with E-state index < -0.39 is 17.9 Å². The predicted octanol–water partition coefficient (Wildman–Crippen LogP) is 4.96. The molecule has 2 amide bonds. The molecule has 0 aliphatic carbocycles. The average Bonchev–Trinajstić information content (AvgIpc) is 3.33. The molecular formula is C30H30N4O3. The van der Waals surface area contributed by atoms with E-state index in [1.54, 1.807) is 13.8 Å². The van der Waals surface area contributed by atoms with Gasteiger partial charge in [0.05, 0.1) is 0 Å². The van der Waals surface area contributed by atoms with Crippen LogP contribution in [-0.4, -0.2) is 35.2 Å². The van der Waals surface area contributed by atoms with Crippen molar-refractivity contribution in [2.24, 2.45) is 5.10 Å². The zero-order valence-corrected chi connectivity index (χ0v) is 20.9. The van der Waals surface area contributed by atoms with Crippen molar-refractivity contribution in [3.05, 3.63) is 102 Å². The van der Waals surface area contributed by atoms with E-state index in [4.69, 9.17) is 4.74 Å². The summed E-state index contributed by atoms with van der Waals surface area (Å²) in [5, 5.41) is 7.80. The molecular weight excluding hydrogens is 464 g/mol. The Morgan fingerprint density at radius 2 is 1.59 bits per heavy atom. The van der Waals surface area contributed by atoms with Gasteiger partial charge in [-0.3, -0.25) is 9.59 Å². The van der Waals surface area contributed by atoms with Gasteiger partial charge in [0.1, 0.15) is 11.8 Å². The highest BCUT2D eigenvalue weighted by molar-refractivity contribution is 5.91. The molecule has 0 saturated carbocycles. The van der Waals surface area contributed by atoms with Gasteiger partial charge in [-0.1, -0.05) is 72.8 Å². The second-order valence-electron chi connectivity index (χ2n) is 8.82. The predicted molar refractivity (Wildman–Crippen MR) is 148 cm³/mol. The third-order valence-electron chi connectivity index (χ3n) is 5.66. The number of fused-ring (bicyclic) bond motifs is 1. The average molecular weight is 495 g/mol. The van der Waals surface area contributed by atoms with Crippen LogP contribution in [0.2, 0.25) is 0 Å². The van der Waals surface area contributed by atoms with E-state index in [0.29, 0.717) is 17.9 Å². The van der Waals surface area contributed by atoms with Crippen molar-refractivity contribution < 1.29 is 14.3 Å². The maximum absolute atomic E-state index is 12.8. The van der Waals surface area contributed by atoms with Crippen molar-refractivity contribution in [3.63, 3.8) is 0 Å². The molecule has 4 aromatic rings. The van der Waals surface area contributed by atoms with E-state index in [0.717, 1.165) is 27.6 Å². The van der Waals surface area contributed by atoms with Crippen LogP contribution in [0.3, 0.4) is 0 Å². The smallest absolute Gasteiger partial charge is 0.262 e. The summed E-state index contributed by atoms with van der Waals surface area (Å²) in [5.41, 5.74) is 7.26. The summed E-state index contributed by atoms with van der Waals surface area (Å²) in [5.74, 6) is -0.226. The van der Waals surface area contributed by atoms with Gasteiger partial charge < -0.3 is 15.0 Å². The standard InChI is InChI=1S/C30H30N4O3/c1-21(2)33-34-30(36)28(18-24-19-31-27-11-7-6-10-26(24)27)32-29(35)20-37-25-16-14-23(15-17-25)13-12-22-8-4-3-5-9-22/h3-17,19,28,31H,18,20H2,1-2H3,(H,32,35)(H,34,36)/b13-12+. The fourth-order valence-corrected chi connectivity index (χ4v) is 3.79. The van der Waals surface area contributed by atoms with Gasteiger partial charge in [0.15, 0.2) is 6.61 Å². The molecule has 1 aromatic heterocycles. The molecule has 7 heteroatoms. The number of hydrazone groups is 1. The first-order valence-electron chi connectivity index (χ1n) is 12.1. The summed E-state index contributed by atoms with van der Waals surface area (Å²) in [6.07, 6.45) is 6.21. The van der Waals surface area contributed by atoms with Crippen molar-refractivity contribution in [1.29, 1.82) is 0 Å². The number of carbonyl (C=O) groups is 2. The Hall–Kier alpha value is -4.65. The quantitative estimate of drug-likeness (QED) is 0.165. The fraction of sp³-hybridized carbons (Fsp3) is 0.167. The Kier molecular flexibility index (Phi) is 8.49. The van der Waals surface area contributed by atoms with E-state index in [1.165, 1.54) is 0 Å². The maximum atomic E-state index is 12.8. The molecule has 1 unspecified atom stereocenters. The van der Waals surface area contributed by atoms with Gasteiger partial charge in [0.2, 0.25) is 0 Å². The van der Waals surface area contributed by atoms with Gasteiger partial charge in [0, 0.05) is 29.2 Å². The van der Waals surface area contributed by atoms with E-state index in [-0.39, 0.29) is 6.61 Å². The number of carbonyl (C=O) groups excluding carboxylic acids is 2. The highest BCUT2D eigenvalue weighted by Crippen LogP contribution is 2.19. The van der Waals surface area contributed by atoms with Gasteiger partial charge in [-0.25, -0.2) is 5.43 Å². The van der Waals surface area contributed by atoms with E-state index >= 15 is 0 Å². The first kappa shape index (κ1) is 25.4. The lowest BCUT2D eigenvalue weighted by molar-refractivity contribution is -0.130. The second kappa shape index (κ2) is 12.4. The molecule has 1 atom stereocenters. The minimum absolute atomic E-state index is 0.215. The number of H-pyrrole nitrogens is 1. The largest absolute Gasteiger partial charge is 0.484 e. The van der Waals surface area contributed by atoms with Crippen molar-refractivity contribution in [2.75, 3.05) is 6.61 Å². The molecule has 0 aliphatic heterocycles. The second-order valence-corrected chi connectivity index (χ2v) is 8.82. The molecule has 0 spiro atoms. The van der Waals surface area contributed by atoms with Gasteiger partial charge in [-0.15, -0.1) is 0 Å². The molecule has 3 aromatic carbocycles. The zero-order chi connectivity index (χ0) is 26.0. The van der Waals surface area contributed by atoms with Crippen LogP contribution in [0.5, 0.6) is 5.75 Å². The molecule has 37 heavy (non-hydrogen) atoms. The van der Waals surface area contributed by atoms with Crippen LogP contribution in [0.4, 0.5) is 0 Å². The van der Waals surface area contributed by atoms with Crippen molar-refractivity contribution in [3.8, 4) is 5.75 Å². The summed E-state index contributed by atoms with van der Waals surface area (Å²) in [6.45, 7) is 3.35. The SMILES string of the molecule is CC(C)=NNC(=O)C(Cc1c[nH]c2ccccc12)NC(=O)COc1ccc(/C=C/c2ccccc2)cc1. The molecule has 0 saturated heterocycles. The summed E-state index contributed by atoms with van der Waals surface area (Å²) in [4.78, 5) is 28.8. The number of nitrogens with zero attached hydrogens (tertiary/aromatic N) is 1. The van der Waals surface area contributed by atoms with E-state index in [2.05, 4.69) is 20.8 Å². The number of rotatable bonds is 10. The van der Waals surface area contributed by atoms with Crippen LogP contribution >= 0.6 is 0 Å². The molecule has 0 aliphatic rings. The lowest BCUT2D eigenvalue weighted by Crippen LogP contribution is -2.48. The summed E-state index contributed by atoms with van der Waals surface area (Å²) in [7, 11) is 0. The molecule has 4 rings (SSSR count). The summed E-state index contributed by atoms with van der Waals surface area (Å²) in [6, 6.07) is 24.5. The monoisotopic (exact) mass is 494 g/mol. The fourth-order valence-electron chi connectivity index (χ4n) is 3.79. The highest BCUT2D eigenvalue weighted by Gasteiger charge is 2.23. The number of para-hydroxylation sites is 1. The van der Waals surface area contributed by atoms with Gasteiger partial charge in [-0.05, 0) is 48.7 Å². The van der Waals surface area contributed by atoms with Gasteiger partial charge in [-0.2, -0.15) is 5.10 Å². The summed E-state index contributed by atoms with van der Waals surface area (Å²) < 4.78 is 5.67. The number of benzene rings is 3. The van der Waals surface area contributed by atoms with E-state index in [9.17, 15) is 9.59 Å². The van der Waals surface area contributed by atoms with Crippen molar-refractivity contribution >= 4 is 40.6 Å². The van der Waals surface area contributed by atoms with Crippen LogP contribution in [0, 0.1) is 0 Å². The van der Waals surface area contributed by atoms with Crippen LogP contribution in [0.1, 0.15) is 30.5 Å². The van der Waals surface area contributed by atoms with Crippen LogP contribution in [0.25, 0.3) is 23.1 Å². The molecule has 0 bridgehead atoms. The normalized spacial score (nSPS) is 11.7. The summed E-state index contributed by atoms with van der Waals surface area (Å²) >= 11 is 0. The molecule has 1 heterocycles. The minimum atomic E-state index is -0.816. The third kappa shape index (κ3) is 7.41. The van der Waals surface area contributed by atoms with Gasteiger partial charge in [0.25, 0.3) is 11.8 Å². The Morgan fingerprint density at radius 3 is 2.32 bits per heavy atom. The molecule has 7 nitrogen and oxygen atoms in total. The lowest BCUT2D eigenvalue weighted by atomic mass is 10.0. The zero-order valence-electron chi connectivity index (χ0n) is 20.9. The number of aromatic nitrogens is 1. The topological polar surface area (TPSA) is 95.6 Å². The Morgan fingerprint density at radius 1 is 0.919 bits per heavy atom. The molecule has 0 radical (unpaired) electrons. The molecule has 188 valence electrons. The first-order valence-corrected chi connectivity index (χ1v) is 12.1. The highest BCUT2D eigenvalue weighted by atomic mass is 16.5. The Bertz CT molecular complexity index is 1400. The first-order chi connectivity index (χ1) is 18.0. The van der Waals surface area contributed by atoms with Gasteiger partial charge >= 0.3 is 0 Å². The van der Waals surface area contributed by atoms with Crippen molar-refractivity contribution in [1.82, 2.24) is 15.7 Å². The number of amides is 2. The number of ether oxygens (including phenoxy) is 1. The van der Waals surface area contributed by atoms with Crippen molar-refractivity contribution in [2.45, 2.75) is 26.3 Å². The Balaban J connectivity index is 1.37. The van der Waals surface area contributed by atoms with Crippen LogP contribution < -0.4 is 15.5 Å². The lowest BCUT2D eigenvalue weighted by Gasteiger charge is -2.17. The number of hydrogen-bond donors (Lipinski definition) is 3. The number of aromatic amines is 1. The minimum Gasteiger partial charge on any atom is -0.484 e.